The van der Waals surface area contributed by atoms with E-state index in [1.807, 2.05) is 0 Å². The molecule has 0 aliphatic heterocycles. The van der Waals surface area contributed by atoms with Crippen LogP contribution in [0.15, 0.2) is 54.9 Å². The summed E-state index contributed by atoms with van der Waals surface area (Å²) in [6.07, 6.45) is -1.55. The van der Waals surface area contributed by atoms with Crippen molar-refractivity contribution >= 4 is 5.91 Å². The molecule has 30 heavy (non-hydrogen) atoms. The second kappa shape index (κ2) is 6.98. The maximum absolute atomic E-state index is 14.0. The maximum atomic E-state index is 14.0. The number of rotatable bonds is 4. The van der Waals surface area contributed by atoms with Gasteiger partial charge in [-0.15, -0.1) is 0 Å². The third kappa shape index (κ3) is 2.99. The summed E-state index contributed by atoms with van der Waals surface area (Å²) in [6.45, 7) is 2.38. The molecule has 1 aromatic heterocycles. The van der Waals surface area contributed by atoms with Crippen LogP contribution in [-0.2, 0) is 16.9 Å². The van der Waals surface area contributed by atoms with Crippen molar-refractivity contribution in [2.24, 2.45) is 0 Å². The van der Waals surface area contributed by atoms with Crippen LogP contribution in [-0.4, -0.2) is 45.5 Å². The van der Waals surface area contributed by atoms with Crippen LogP contribution in [0.2, 0.25) is 0 Å². The zero-order chi connectivity index (χ0) is 21.7. The summed E-state index contributed by atoms with van der Waals surface area (Å²) in [4.78, 5) is 12.9. The van der Waals surface area contributed by atoms with Crippen molar-refractivity contribution in [2.45, 2.75) is 25.2 Å². The Morgan fingerprint density at radius 1 is 1.13 bits per heavy atom. The number of carbonyl (C=O) groups is 1. The fourth-order valence-corrected chi connectivity index (χ4v) is 3.89. The van der Waals surface area contributed by atoms with Gasteiger partial charge in [0.1, 0.15) is 0 Å². The number of benzene rings is 2. The molecule has 1 aliphatic rings. The minimum atomic E-state index is -4.87. The molecule has 8 heteroatoms. The number of carbonyl (C=O) groups excluding carboxylic acids is 1. The lowest BCUT2D eigenvalue weighted by molar-refractivity contribution is -0.246. The van der Waals surface area contributed by atoms with Gasteiger partial charge in [0, 0.05) is 43.4 Å². The number of alkyl halides is 3. The van der Waals surface area contributed by atoms with Crippen LogP contribution in [0.3, 0.4) is 0 Å². The van der Waals surface area contributed by atoms with Crippen molar-refractivity contribution in [3.05, 3.63) is 66.0 Å². The monoisotopic (exact) mass is 415 g/mol. The normalized spacial score (nSPS) is 17.5. The average molecular weight is 415 g/mol. The van der Waals surface area contributed by atoms with Gasteiger partial charge >= 0.3 is 6.18 Å². The molecule has 1 N–H and O–H groups in total. The molecule has 0 saturated heterocycles. The van der Waals surface area contributed by atoms with Gasteiger partial charge in [-0.25, -0.2) is 0 Å². The van der Waals surface area contributed by atoms with E-state index < -0.39 is 11.8 Å². The average Bonchev–Trinajstić information content (AvgIpc) is 3.28. The highest BCUT2D eigenvalue weighted by Gasteiger charge is 2.61. The molecule has 0 saturated carbocycles. The molecule has 1 heterocycles. The summed E-state index contributed by atoms with van der Waals surface area (Å²) in [6, 6.07) is 10.6. The zero-order valence-electron chi connectivity index (χ0n) is 16.4. The number of aromatic nitrogens is 2. The van der Waals surface area contributed by atoms with Gasteiger partial charge in [0.25, 0.3) is 0 Å². The Labute approximate surface area is 171 Å². The van der Waals surface area contributed by atoms with E-state index in [1.54, 1.807) is 47.2 Å². The summed E-state index contributed by atoms with van der Waals surface area (Å²) in [5.41, 5.74) is -1.51. The zero-order valence-corrected chi connectivity index (χ0v) is 16.4. The number of hydrogen-bond acceptors (Lipinski definition) is 3. The molecule has 3 aromatic rings. The van der Waals surface area contributed by atoms with Crippen molar-refractivity contribution in [3.63, 3.8) is 0 Å². The third-order valence-corrected chi connectivity index (χ3v) is 5.60. The van der Waals surface area contributed by atoms with Gasteiger partial charge in [0.05, 0.1) is 12.7 Å². The van der Waals surface area contributed by atoms with Crippen molar-refractivity contribution in [1.82, 2.24) is 14.7 Å². The second-order valence-electron chi connectivity index (χ2n) is 7.41. The number of amides is 1. The van der Waals surface area contributed by atoms with Crippen LogP contribution < -0.4 is 0 Å². The molecule has 1 aliphatic carbocycles. The predicted octanol–water partition coefficient (Wildman–Crippen LogP) is 3.81. The molecular weight excluding hydrogens is 395 g/mol. The van der Waals surface area contributed by atoms with E-state index in [2.05, 4.69) is 5.10 Å². The van der Waals surface area contributed by atoms with Crippen molar-refractivity contribution < 1.29 is 23.1 Å². The largest absolute Gasteiger partial charge is 0.425 e. The van der Waals surface area contributed by atoms with Crippen molar-refractivity contribution in [3.8, 4) is 22.3 Å². The van der Waals surface area contributed by atoms with Crippen LogP contribution in [0.4, 0.5) is 13.2 Å². The Bertz CT molecular complexity index is 1120. The van der Waals surface area contributed by atoms with E-state index >= 15 is 0 Å². The van der Waals surface area contributed by atoms with Crippen LogP contribution in [0.5, 0.6) is 0 Å². The van der Waals surface area contributed by atoms with Crippen LogP contribution in [0, 0.1) is 0 Å². The topological polar surface area (TPSA) is 58.4 Å². The maximum Gasteiger partial charge on any atom is 0.425 e. The summed E-state index contributed by atoms with van der Waals surface area (Å²) in [5.74, 6) is -0.0636. The Morgan fingerprint density at radius 3 is 2.50 bits per heavy atom. The highest BCUT2D eigenvalue weighted by molar-refractivity contribution is 5.92. The summed E-state index contributed by atoms with van der Waals surface area (Å²) < 4.78 is 43.6. The van der Waals surface area contributed by atoms with E-state index in [0.717, 1.165) is 0 Å². The van der Waals surface area contributed by atoms with E-state index in [9.17, 15) is 23.1 Å². The van der Waals surface area contributed by atoms with Crippen LogP contribution >= 0.6 is 0 Å². The molecule has 0 spiro atoms. The highest BCUT2D eigenvalue weighted by atomic mass is 19.4. The lowest BCUT2D eigenvalue weighted by atomic mass is 9.89. The van der Waals surface area contributed by atoms with Gasteiger partial charge in [-0.1, -0.05) is 42.5 Å². The van der Waals surface area contributed by atoms with E-state index in [-0.39, 0.29) is 17.0 Å². The molecule has 2 aromatic carbocycles. The van der Waals surface area contributed by atoms with Gasteiger partial charge in [-0.05, 0) is 16.7 Å². The number of aliphatic hydroxyl groups is 1. The first-order valence-corrected chi connectivity index (χ1v) is 9.41. The standard InChI is InChI=1S/C22H20F3N3O2/c1-14(29)27(2)10-11-28-13-15(12-26-28)16-7-5-9-19-20(16)17-6-3-4-8-18(17)21(19,30)22(23,24)25/h3-9,12-13,30H,10-11H2,1-2H3. The van der Waals surface area contributed by atoms with Gasteiger partial charge in [0.2, 0.25) is 11.5 Å². The first-order chi connectivity index (χ1) is 14.1. The predicted molar refractivity (Wildman–Crippen MR) is 105 cm³/mol. The quantitative estimate of drug-likeness (QED) is 0.705. The second-order valence-corrected chi connectivity index (χ2v) is 7.41. The van der Waals surface area contributed by atoms with Gasteiger partial charge < -0.3 is 10.0 Å². The number of nitrogens with zero attached hydrogens (tertiary/aromatic N) is 3. The van der Waals surface area contributed by atoms with E-state index in [0.29, 0.717) is 35.3 Å². The van der Waals surface area contributed by atoms with Crippen LogP contribution in [0.1, 0.15) is 18.1 Å². The van der Waals surface area contributed by atoms with Crippen LogP contribution in [0.25, 0.3) is 22.3 Å². The molecule has 4 rings (SSSR count). The number of hydrogen-bond donors (Lipinski definition) is 1. The van der Waals surface area contributed by atoms with Gasteiger partial charge in [0.15, 0.2) is 0 Å². The summed E-state index contributed by atoms with van der Waals surface area (Å²) >= 11 is 0. The fourth-order valence-electron chi connectivity index (χ4n) is 3.89. The van der Waals surface area contributed by atoms with E-state index in [1.165, 1.54) is 31.2 Å². The number of fused-ring (bicyclic) bond motifs is 3. The Morgan fingerprint density at radius 2 is 1.80 bits per heavy atom. The van der Waals surface area contributed by atoms with E-state index in [4.69, 9.17) is 0 Å². The first-order valence-electron chi connectivity index (χ1n) is 9.41. The molecule has 1 atom stereocenters. The first kappa shape index (κ1) is 20.2. The Balaban J connectivity index is 1.80. The Kier molecular flexibility index (Phi) is 4.69. The minimum Gasteiger partial charge on any atom is -0.372 e. The summed E-state index contributed by atoms with van der Waals surface area (Å²) in [5, 5.41) is 15.1. The minimum absolute atomic E-state index is 0.0636. The van der Waals surface area contributed by atoms with Gasteiger partial charge in [-0.3, -0.25) is 9.48 Å². The molecular formula is C22H20F3N3O2. The fraction of sp³-hybridized carbons (Fsp3) is 0.273. The van der Waals surface area contributed by atoms with Crippen molar-refractivity contribution in [2.75, 3.05) is 13.6 Å². The molecule has 5 nitrogen and oxygen atoms in total. The molecule has 156 valence electrons. The molecule has 0 bridgehead atoms. The SMILES string of the molecule is CC(=O)N(C)CCn1cc(-c2cccc3c2-c2ccccc2C3(O)C(F)(F)F)cn1. The lowest BCUT2D eigenvalue weighted by Crippen LogP contribution is -2.41. The highest BCUT2D eigenvalue weighted by Crippen LogP contribution is 2.56. The molecule has 0 fully saturated rings. The van der Waals surface area contributed by atoms with Gasteiger partial charge in [-0.2, -0.15) is 18.3 Å². The number of halogens is 3. The molecule has 1 amide bonds. The lowest BCUT2D eigenvalue weighted by Gasteiger charge is -2.28. The summed E-state index contributed by atoms with van der Waals surface area (Å²) in [7, 11) is 1.69. The third-order valence-electron chi connectivity index (χ3n) is 5.60. The number of likely N-dealkylation sites (N-methyl/N-ethyl adjacent to an activating group) is 1. The smallest absolute Gasteiger partial charge is 0.372 e. The Hall–Kier alpha value is -3.13. The molecule has 0 radical (unpaired) electrons. The van der Waals surface area contributed by atoms with Crippen molar-refractivity contribution in [1.29, 1.82) is 0 Å². The molecule has 1 unspecified atom stereocenters.